The molecule has 0 spiro atoms. The molecule has 2 fully saturated rings. The molecule has 0 aromatic heterocycles. The Kier molecular flexibility index (Phi) is 4.26. The maximum absolute atomic E-state index is 5.86. The molecule has 0 bridgehead atoms. The Morgan fingerprint density at radius 1 is 1.41 bits per heavy atom. The normalized spacial score (nSPS) is 26.8. The van der Waals surface area contributed by atoms with Crippen molar-refractivity contribution in [3.05, 3.63) is 0 Å². The molecule has 3 N–H and O–H groups in total. The van der Waals surface area contributed by atoms with Gasteiger partial charge in [0.15, 0.2) is 5.96 Å². The average molecular weight is 238 g/mol. The molecular weight excluding hydrogens is 212 g/mol. The quantitative estimate of drug-likeness (QED) is 0.558. The lowest BCUT2D eigenvalue weighted by Gasteiger charge is -2.24. The summed E-state index contributed by atoms with van der Waals surface area (Å²) in [5, 5.41) is 3.24. The van der Waals surface area contributed by atoms with Gasteiger partial charge in [0.1, 0.15) is 0 Å². The Balaban J connectivity index is 1.76. The van der Waals surface area contributed by atoms with Crippen LogP contribution >= 0.6 is 0 Å². The van der Waals surface area contributed by atoms with E-state index in [1.54, 1.807) is 0 Å². The molecule has 0 unspecified atom stereocenters. The fraction of sp³-hybridized carbons (Fsp3) is 0.923. The number of rotatable bonds is 5. The number of guanidine groups is 1. The van der Waals surface area contributed by atoms with Gasteiger partial charge in [-0.2, -0.15) is 0 Å². The molecule has 2 rings (SSSR count). The Hall–Kier alpha value is -0.770. The average Bonchev–Trinajstić information content (AvgIpc) is 2.95. The molecule has 17 heavy (non-hydrogen) atoms. The third-order valence-electron chi connectivity index (χ3n) is 3.50. The van der Waals surface area contributed by atoms with Crippen molar-refractivity contribution in [2.45, 2.75) is 51.6 Å². The second-order valence-corrected chi connectivity index (χ2v) is 5.83. The zero-order chi connectivity index (χ0) is 12.3. The van der Waals surface area contributed by atoms with E-state index in [-0.39, 0.29) is 0 Å². The van der Waals surface area contributed by atoms with Crippen molar-refractivity contribution in [2.24, 2.45) is 16.6 Å². The molecule has 0 amide bonds. The third kappa shape index (κ3) is 4.19. The van der Waals surface area contributed by atoms with Crippen LogP contribution in [0.5, 0.6) is 0 Å². The number of nitrogens with one attached hydrogen (secondary N) is 1. The van der Waals surface area contributed by atoms with Crippen LogP contribution in [0, 0.1) is 5.92 Å². The predicted octanol–water partition coefficient (Wildman–Crippen LogP) is 1.17. The van der Waals surface area contributed by atoms with Gasteiger partial charge in [-0.05, 0) is 38.1 Å². The van der Waals surface area contributed by atoms with Gasteiger partial charge >= 0.3 is 0 Å². The minimum atomic E-state index is 0.606. The van der Waals surface area contributed by atoms with Crippen molar-refractivity contribution in [3.63, 3.8) is 0 Å². The van der Waals surface area contributed by atoms with Crippen molar-refractivity contribution in [3.8, 4) is 0 Å². The van der Waals surface area contributed by atoms with Crippen LogP contribution in [0.1, 0.15) is 39.5 Å². The van der Waals surface area contributed by atoms with Crippen LogP contribution in [0.15, 0.2) is 4.99 Å². The number of aliphatic imine (C=N–C) groups is 1. The number of nitrogens with two attached hydrogens (primary N) is 1. The zero-order valence-corrected chi connectivity index (χ0v) is 11.2. The Morgan fingerprint density at radius 3 is 2.82 bits per heavy atom. The first-order valence-corrected chi connectivity index (χ1v) is 6.95. The summed E-state index contributed by atoms with van der Waals surface area (Å²) in [6.45, 7) is 7.84. The van der Waals surface area contributed by atoms with Crippen LogP contribution in [0.4, 0.5) is 0 Å². The van der Waals surface area contributed by atoms with Crippen LogP contribution in [0.3, 0.4) is 0 Å². The first-order valence-electron chi connectivity index (χ1n) is 6.95. The fourth-order valence-corrected chi connectivity index (χ4v) is 2.50. The van der Waals surface area contributed by atoms with Crippen LogP contribution < -0.4 is 11.1 Å². The first kappa shape index (κ1) is 12.7. The molecule has 2 aliphatic rings. The van der Waals surface area contributed by atoms with Gasteiger partial charge < -0.3 is 11.1 Å². The molecule has 1 aliphatic heterocycles. The Morgan fingerprint density at radius 2 is 2.18 bits per heavy atom. The monoisotopic (exact) mass is 238 g/mol. The first-order chi connectivity index (χ1) is 8.15. The second-order valence-electron chi connectivity index (χ2n) is 5.83. The van der Waals surface area contributed by atoms with E-state index in [0.717, 1.165) is 12.5 Å². The largest absolute Gasteiger partial charge is 0.370 e. The van der Waals surface area contributed by atoms with Crippen molar-refractivity contribution in [1.29, 1.82) is 0 Å². The zero-order valence-electron chi connectivity index (χ0n) is 11.2. The summed E-state index contributed by atoms with van der Waals surface area (Å²) < 4.78 is 0. The van der Waals surface area contributed by atoms with Crippen LogP contribution in [0.2, 0.25) is 0 Å². The lowest BCUT2D eigenvalue weighted by atomic mass is 10.2. The molecule has 4 heteroatoms. The van der Waals surface area contributed by atoms with Crippen molar-refractivity contribution >= 4 is 5.96 Å². The summed E-state index contributed by atoms with van der Waals surface area (Å²) in [6, 6.07) is 1.21. The molecule has 1 saturated carbocycles. The highest BCUT2D eigenvalue weighted by atomic mass is 15.2. The van der Waals surface area contributed by atoms with Gasteiger partial charge in [0.05, 0.1) is 6.54 Å². The van der Waals surface area contributed by atoms with Gasteiger partial charge in [-0.3, -0.25) is 9.89 Å². The van der Waals surface area contributed by atoms with Gasteiger partial charge in [0.2, 0.25) is 0 Å². The summed E-state index contributed by atoms with van der Waals surface area (Å²) in [7, 11) is 0. The van der Waals surface area contributed by atoms with E-state index in [2.05, 4.69) is 29.1 Å². The molecule has 1 saturated heterocycles. The Bertz CT molecular complexity index is 271. The van der Waals surface area contributed by atoms with E-state index < -0.39 is 0 Å². The summed E-state index contributed by atoms with van der Waals surface area (Å²) >= 11 is 0. The second kappa shape index (κ2) is 5.71. The molecule has 1 atom stereocenters. The number of hydrogen-bond donors (Lipinski definition) is 2. The van der Waals surface area contributed by atoms with E-state index in [4.69, 9.17) is 5.73 Å². The van der Waals surface area contributed by atoms with Gasteiger partial charge in [0, 0.05) is 18.6 Å². The molecule has 1 aliphatic carbocycles. The lowest BCUT2D eigenvalue weighted by molar-refractivity contribution is 0.231. The van der Waals surface area contributed by atoms with Gasteiger partial charge in [-0.15, -0.1) is 0 Å². The topological polar surface area (TPSA) is 53.6 Å². The smallest absolute Gasteiger partial charge is 0.188 e. The standard InChI is InChI=1S/C13H26N4/c1-10(2)9-17-7-3-4-12(17)8-15-13(14)16-11-5-6-11/h10-12H,3-9H2,1-2H3,(H3,14,15,16)/t12-/m0/s1. The van der Waals surface area contributed by atoms with Crippen molar-refractivity contribution < 1.29 is 0 Å². The maximum Gasteiger partial charge on any atom is 0.188 e. The number of nitrogens with zero attached hydrogens (tertiary/aromatic N) is 2. The van der Waals surface area contributed by atoms with E-state index in [1.807, 2.05) is 0 Å². The van der Waals surface area contributed by atoms with Crippen molar-refractivity contribution in [1.82, 2.24) is 10.2 Å². The highest BCUT2D eigenvalue weighted by molar-refractivity contribution is 5.78. The fourth-order valence-electron chi connectivity index (χ4n) is 2.50. The van der Waals surface area contributed by atoms with E-state index >= 15 is 0 Å². The third-order valence-corrected chi connectivity index (χ3v) is 3.50. The molecule has 0 radical (unpaired) electrons. The van der Waals surface area contributed by atoms with E-state index in [0.29, 0.717) is 18.0 Å². The predicted molar refractivity (Wildman–Crippen MR) is 72.1 cm³/mol. The van der Waals surface area contributed by atoms with Crippen molar-refractivity contribution in [2.75, 3.05) is 19.6 Å². The minimum absolute atomic E-state index is 0.606. The Labute approximate surface area is 105 Å². The van der Waals surface area contributed by atoms with Crippen LogP contribution in [0.25, 0.3) is 0 Å². The SMILES string of the molecule is CC(C)CN1CCC[C@H]1CN=C(N)NC1CC1. The maximum atomic E-state index is 5.86. The molecule has 98 valence electrons. The highest BCUT2D eigenvalue weighted by Crippen LogP contribution is 2.19. The van der Waals surface area contributed by atoms with Gasteiger partial charge in [-0.25, -0.2) is 0 Å². The van der Waals surface area contributed by atoms with Crippen LogP contribution in [-0.4, -0.2) is 42.6 Å². The lowest BCUT2D eigenvalue weighted by Crippen LogP contribution is -2.37. The summed E-state index contributed by atoms with van der Waals surface area (Å²) in [4.78, 5) is 7.05. The van der Waals surface area contributed by atoms with E-state index in [1.165, 1.54) is 38.8 Å². The molecular formula is C13H26N4. The summed E-state index contributed by atoms with van der Waals surface area (Å²) in [5.74, 6) is 1.38. The van der Waals surface area contributed by atoms with E-state index in [9.17, 15) is 0 Å². The number of hydrogen-bond acceptors (Lipinski definition) is 2. The van der Waals surface area contributed by atoms with Crippen LogP contribution in [-0.2, 0) is 0 Å². The summed E-state index contributed by atoms with van der Waals surface area (Å²) in [5.41, 5.74) is 5.86. The molecule has 4 nitrogen and oxygen atoms in total. The molecule has 1 heterocycles. The highest BCUT2D eigenvalue weighted by Gasteiger charge is 2.25. The van der Waals surface area contributed by atoms with Gasteiger partial charge in [-0.1, -0.05) is 13.8 Å². The molecule has 0 aromatic rings. The van der Waals surface area contributed by atoms with Gasteiger partial charge in [0.25, 0.3) is 0 Å². The molecule has 0 aromatic carbocycles. The summed E-state index contributed by atoms with van der Waals surface area (Å²) in [6.07, 6.45) is 5.08. The number of likely N-dealkylation sites (tertiary alicyclic amines) is 1. The minimum Gasteiger partial charge on any atom is -0.370 e.